The van der Waals surface area contributed by atoms with Gasteiger partial charge in [0.2, 0.25) is 0 Å². The standard InChI is InChI=1S/C13H29N3O2/c1-11(2)13(17)16-8-10-18-9-7-14-5-6-15-12(3)4/h12,14-17H,5-10H2,1-4H3. The van der Waals surface area contributed by atoms with Gasteiger partial charge in [-0.3, -0.25) is 0 Å². The molecule has 0 spiro atoms. The molecule has 5 nitrogen and oxygen atoms in total. The predicted molar refractivity (Wildman–Crippen MR) is 75.8 cm³/mol. The van der Waals surface area contributed by atoms with Crippen LogP contribution in [0.2, 0.25) is 0 Å². The minimum atomic E-state index is 0.247. The van der Waals surface area contributed by atoms with Crippen LogP contribution in [0.1, 0.15) is 27.7 Å². The van der Waals surface area contributed by atoms with Crippen molar-refractivity contribution in [3.05, 3.63) is 11.5 Å². The molecule has 5 heteroatoms. The van der Waals surface area contributed by atoms with E-state index in [0.29, 0.717) is 25.8 Å². The fraction of sp³-hybridized carbons (Fsp3) is 0.846. The zero-order valence-corrected chi connectivity index (χ0v) is 12.2. The molecule has 0 fully saturated rings. The van der Waals surface area contributed by atoms with Crippen molar-refractivity contribution in [3.8, 4) is 0 Å². The number of rotatable bonds is 11. The molecule has 0 atom stereocenters. The Bertz CT molecular complexity index is 226. The first-order valence-corrected chi connectivity index (χ1v) is 6.66. The van der Waals surface area contributed by atoms with Gasteiger partial charge in [-0.1, -0.05) is 13.8 Å². The first-order valence-electron chi connectivity index (χ1n) is 6.66. The monoisotopic (exact) mass is 259 g/mol. The Morgan fingerprint density at radius 3 is 2.33 bits per heavy atom. The van der Waals surface area contributed by atoms with Gasteiger partial charge >= 0.3 is 0 Å². The quantitative estimate of drug-likeness (QED) is 0.329. The Kier molecular flexibility index (Phi) is 10.8. The van der Waals surface area contributed by atoms with E-state index in [1.165, 1.54) is 0 Å². The van der Waals surface area contributed by atoms with Crippen LogP contribution < -0.4 is 16.0 Å². The van der Waals surface area contributed by atoms with Crippen molar-refractivity contribution in [1.82, 2.24) is 16.0 Å². The molecule has 0 saturated carbocycles. The fourth-order valence-electron chi connectivity index (χ4n) is 1.24. The third-order valence-electron chi connectivity index (χ3n) is 2.29. The first-order chi connectivity index (χ1) is 8.54. The van der Waals surface area contributed by atoms with Crippen LogP contribution in [-0.2, 0) is 4.74 Å². The van der Waals surface area contributed by atoms with Crippen molar-refractivity contribution in [1.29, 1.82) is 0 Å². The second kappa shape index (κ2) is 11.3. The molecule has 0 amide bonds. The van der Waals surface area contributed by atoms with Gasteiger partial charge in [0.15, 0.2) is 5.88 Å². The Hall–Kier alpha value is -0.780. The van der Waals surface area contributed by atoms with Crippen molar-refractivity contribution in [2.24, 2.45) is 0 Å². The van der Waals surface area contributed by atoms with Crippen LogP contribution in [0, 0.1) is 0 Å². The van der Waals surface area contributed by atoms with E-state index in [1.54, 1.807) is 0 Å². The molecule has 0 aromatic rings. The van der Waals surface area contributed by atoms with Crippen molar-refractivity contribution in [2.75, 3.05) is 39.4 Å². The molecule has 4 N–H and O–H groups in total. The SMILES string of the molecule is CC(C)=C(O)NCCOCCNCCNC(C)C. The number of ether oxygens (including phenoxy) is 1. The van der Waals surface area contributed by atoms with Gasteiger partial charge < -0.3 is 25.8 Å². The highest BCUT2D eigenvalue weighted by Gasteiger charge is 1.94. The van der Waals surface area contributed by atoms with E-state index in [1.807, 2.05) is 13.8 Å². The summed E-state index contributed by atoms with van der Waals surface area (Å²) in [6.07, 6.45) is 0. The van der Waals surface area contributed by atoms with Gasteiger partial charge in [-0.25, -0.2) is 0 Å². The molecule has 0 saturated heterocycles. The maximum absolute atomic E-state index is 9.36. The van der Waals surface area contributed by atoms with Crippen LogP contribution in [0.3, 0.4) is 0 Å². The van der Waals surface area contributed by atoms with Crippen molar-refractivity contribution in [3.63, 3.8) is 0 Å². The van der Waals surface area contributed by atoms with E-state index in [4.69, 9.17) is 4.74 Å². The normalized spacial score (nSPS) is 10.7. The Balaban J connectivity index is 3.15. The van der Waals surface area contributed by atoms with Gasteiger partial charge in [-0.15, -0.1) is 0 Å². The van der Waals surface area contributed by atoms with Crippen molar-refractivity contribution < 1.29 is 9.84 Å². The molecule has 0 radical (unpaired) electrons. The van der Waals surface area contributed by atoms with Gasteiger partial charge in [-0.05, 0) is 19.4 Å². The maximum atomic E-state index is 9.36. The highest BCUT2D eigenvalue weighted by atomic mass is 16.5. The van der Waals surface area contributed by atoms with E-state index in [0.717, 1.165) is 25.2 Å². The van der Waals surface area contributed by atoms with Gasteiger partial charge in [-0.2, -0.15) is 0 Å². The minimum absolute atomic E-state index is 0.247. The number of aliphatic hydroxyl groups excluding tert-OH is 1. The fourth-order valence-corrected chi connectivity index (χ4v) is 1.24. The third-order valence-corrected chi connectivity index (χ3v) is 2.29. The molecular weight excluding hydrogens is 230 g/mol. The van der Waals surface area contributed by atoms with Crippen molar-refractivity contribution >= 4 is 0 Å². The summed E-state index contributed by atoms with van der Waals surface area (Å²) in [7, 11) is 0. The average molecular weight is 259 g/mol. The smallest absolute Gasteiger partial charge is 0.182 e. The minimum Gasteiger partial charge on any atom is -0.495 e. The Morgan fingerprint density at radius 1 is 1.06 bits per heavy atom. The summed E-state index contributed by atoms with van der Waals surface area (Å²) in [4.78, 5) is 0. The molecule has 0 rings (SSSR count). The average Bonchev–Trinajstić information content (AvgIpc) is 2.30. The highest BCUT2D eigenvalue weighted by molar-refractivity contribution is 4.98. The van der Waals surface area contributed by atoms with Crippen LogP contribution in [0.25, 0.3) is 0 Å². The second-order valence-electron chi connectivity index (χ2n) is 4.75. The topological polar surface area (TPSA) is 65.5 Å². The molecule has 0 heterocycles. The molecule has 0 aliphatic rings. The molecule has 108 valence electrons. The molecule has 0 aliphatic heterocycles. The Labute approximate surface area is 111 Å². The summed E-state index contributed by atoms with van der Waals surface area (Å²) in [6, 6.07) is 0.539. The van der Waals surface area contributed by atoms with Gasteiger partial charge in [0.25, 0.3) is 0 Å². The first kappa shape index (κ1) is 17.2. The van der Waals surface area contributed by atoms with E-state index >= 15 is 0 Å². The molecule has 0 bridgehead atoms. The van der Waals surface area contributed by atoms with E-state index in [2.05, 4.69) is 29.8 Å². The van der Waals surface area contributed by atoms with Crippen LogP contribution in [0.4, 0.5) is 0 Å². The van der Waals surface area contributed by atoms with E-state index < -0.39 is 0 Å². The van der Waals surface area contributed by atoms with E-state index in [9.17, 15) is 5.11 Å². The summed E-state index contributed by atoms with van der Waals surface area (Å²) >= 11 is 0. The molecule has 0 aromatic heterocycles. The lowest BCUT2D eigenvalue weighted by Crippen LogP contribution is -2.33. The number of nitrogens with one attached hydrogen (secondary N) is 3. The van der Waals surface area contributed by atoms with E-state index in [-0.39, 0.29) is 5.88 Å². The summed E-state index contributed by atoms with van der Waals surface area (Å²) in [6.45, 7) is 12.7. The highest BCUT2D eigenvalue weighted by Crippen LogP contribution is 1.92. The lowest BCUT2D eigenvalue weighted by molar-refractivity contribution is 0.136. The number of aliphatic hydroxyl groups is 1. The molecule has 0 unspecified atom stereocenters. The Morgan fingerprint density at radius 2 is 1.72 bits per heavy atom. The van der Waals surface area contributed by atoms with Crippen LogP contribution in [-0.4, -0.2) is 50.5 Å². The van der Waals surface area contributed by atoms with Gasteiger partial charge in [0, 0.05) is 32.2 Å². The lowest BCUT2D eigenvalue weighted by Gasteiger charge is -2.10. The lowest BCUT2D eigenvalue weighted by atomic mass is 10.4. The molecule has 0 aromatic carbocycles. The molecule has 18 heavy (non-hydrogen) atoms. The van der Waals surface area contributed by atoms with Crippen LogP contribution >= 0.6 is 0 Å². The zero-order valence-electron chi connectivity index (χ0n) is 12.2. The summed E-state index contributed by atoms with van der Waals surface area (Å²) < 4.78 is 5.41. The van der Waals surface area contributed by atoms with Crippen molar-refractivity contribution in [2.45, 2.75) is 33.7 Å². The summed E-state index contributed by atoms with van der Waals surface area (Å²) in [5.41, 5.74) is 0.884. The van der Waals surface area contributed by atoms with Gasteiger partial charge in [0.05, 0.1) is 13.2 Å². The number of hydrogen-bond acceptors (Lipinski definition) is 5. The zero-order chi connectivity index (χ0) is 13.8. The van der Waals surface area contributed by atoms with Crippen LogP contribution in [0.5, 0.6) is 0 Å². The maximum Gasteiger partial charge on any atom is 0.182 e. The second-order valence-corrected chi connectivity index (χ2v) is 4.75. The number of hydrogen-bond donors (Lipinski definition) is 4. The molecule has 0 aliphatic carbocycles. The summed E-state index contributed by atoms with van der Waals surface area (Å²) in [5, 5.41) is 18.9. The van der Waals surface area contributed by atoms with Crippen LogP contribution in [0.15, 0.2) is 11.5 Å². The predicted octanol–water partition coefficient (Wildman–Crippen LogP) is 0.990. The third kappa shape index (κ3) is 11.7. The largest absolute Gasteiger partial charge is 0.495 e. The summed E-state index contributed by atoms with van der Waals surface area (Å²) in [5.74, 6) is 0.247. The van der Waals surface area contributed by atoms with Gasteiger partial charge in [0.1, 0.15) is 0 Å². The molecular formula is C13H29N3O2. The number of allylic oxidation sites excluding steroid dienone is 1.